The Morgan fingerprint density at radius 2 is 1.34 bits per heavy atom. The molecule has 0 aliphatic carbocycles. The Hall–Kier alpha value is -1.62. The average molecular weight is 540 g/mol. The second-order valence-corrected chi connectivity index (χ2v) is 14.4. The van der Waals surface area contributed by atoms with Crippen molar-refractivity contribution in [2.24, 2.45) is 0 Å². The molecule has 0 atom stereocenters. The van der Waals surface area contributed by atoms with E-state index in [1.54, 1.807) is 0 Å². The van der Waals surface area contributed by atoms with Gasteiger partial charge in [0.15, 0.2) is 0 Å². The van der Waals surface area contributed by atoms with Gasteiger partial charge < -0.3 is 0 Å². The molecule has 2 aromatic carbocycles. The van der Waals surface area contributed by atoms with Crippen LogP contribution in [0.5, 0.6) is 11.5 Å². The van der Waals surface area contributed by atoms with E-state index in [-0.39, 0.29) is 18.3 Å². The average Bonchev–Trinajstić information content (AvgIpc) is 3.20. The van der Waals surface area contributed by atoms with Crippen LogP contribution < -0.4 is 11.2 Å². The number of nitrogens with zero attached hydrogens (tertiary/aromatic N) is 2. The second-order valence-electron chi connectivity index (χ2n) is 11.7. The quantitative estimate of drug-likeness (QED) is 0.358. The van der Waals surface area contributed by atoms with Gasteiger partial charge in [0.25, 0.3) is 0 Å². The SMILES string of the molecule is COB(N(c1c(C(C)C)cccc1C(C)C)[As]1Oc2ccccc2O1)N1C(C)(C)CCCC1(C)C. The molecular formula is C28H42AsBN2O3. The third kappa shape index (κ3) is 4.99. The van der Waals surface area contributed by atoms with Gasteiger partial charge in [-0.2, -0.15) is 0 Å². The molecule has 0 saturated carbocycles. The molecule has 0 bridgehead atoms. The first-order valence-corrected chi connectivity index (χ1v) is 15.3. The third-order valence-electron chi connectivity index (χ3n) is 7.47. The van der Waals surface area contributed by atoms with E-state index in [0.717, 1.165) is 24.3 Å². The Bertz CT molecular complexity index is 975. The van der Waals surface area contributed by atoms with Crippen molar-refractivity contribution >= 4 is 28.4 Å². The number of anilines is 1. The molecule has 2 aliphatic heterocycles. The minimum atomic E-state index is -2.53. The van der Waals surface area contributed by atoms with Gasteiger partial charge in [0.2, 0.25) is 0 Å². The third-order valence-corrected chi connectivity index (χ3v) is 10.5. The van der Waals surface area contributed by atoms with Crippen molar-refractivity contribution in [3.8, 4) is 11.5 Å². The number of hydrogen-bond donors (Lipinski definition) is 0. The maximum absolute atomic E-state index is 6.65. The maximum atomic E-state index is 6.65. The summed E-state index contributed by atoms with van der Waals surface area (Å²) < 4.78 is 22.2. The van der Waals surface area contributed by atoms with Crippen LogP contribution in [0.2, 0.25) is 0 Å². The molecule has 1 saturated heterocycles. The van der Waals surface area contributed by atoms with Crippen LogP contribution in [0.3, 0.4) is 0 Å². The molecule has 4 rings (SSSR count). The monoisotopic (exact) mass is 540 g/mol. The Kier molecular flexibility index (Phi) is 7.58. The van der Waals surface area contributed by atoms with E-state index in [0.29, 0.717) is 11.8 Å². The van der Waals surface area contributed by atoms with Crippen LogP contribution in [0.1, 0.15) is 97.6 Å². The molecule has 2 heterocycles. The van der Waals surface area contributed by atoms with Crippen LogP contribution in [0.25, 0.3) is 0 Å². The van der Waals surface area contributed by atoms with Gasteiger partial charge in [-0.25, -0.2) is 0 Å². The molecule has 190 valence electrons. The summed E-state index contributed by atoms with van der Waals surface area (Å²) in [5.41, 5.74) is 3.76. The molecule has 2 aliphatic rings. The zero-order chi connectivity index (χ0) is 25.5. The molecule has 7 heteroatoms. The fraction of sp³-hybridized carbons (Fsp3) is 0.571. The molecule has 0 N–H and O–H groups in total. The van der Waals surface area contributed by atoms with Crippen molar-refractivity contribution in [2.45, 2.75) is 97.6 Å². The fourth-order valence-corrected chi connectivity index (χ4v) is 9.22. The zero-order valence-electron chi connectivity index (χ0n) is 23.0. The van der Waals surface area contributed by atoms with Crippen LogP contribution in [-0.4, -0.2) is 45.7 Å². The summed E-state index contributed by atoms with van der Waals surface area (Å²) in [6.45, 7) is 18.5. The fourth-order valence-electron chi connectivity index (χ4n) is 5.85. The number of rotatable bonds is 7. The molecule has 0 spiro atoms. The molecule has 5 nitrogen and oxygen atoms in total. The van der Waals surface area contributed by atoms with E-state index in [4.69, 9.17) is 12.1 Å². The van der Waals surface area contributed by atoms with E-state index in [2.05, 4.69) is 82.1 Å². The number of fused-ring (bicyclic) bond motifs is 1. The van der Waals surface area contributed by atoms with Gasteiger partial charge >= 0.3 is 219 Å². The van der Waals surface area contributed by atoms with Gasteiger partial charge in [-0.1, -0.05) is 0 Å². The number of hydrogen-bond acceptors (Lipinski definition) is 5. The normalized spacial score (nSPS) is 19.4. The van der Waals surface area contributed by atoms with E-state index < -0.39 is 15.6 Å². The zero-order valence-corrected chi connectivity index (χ0v) is 24.8. The van der Waals surface area contributed by atoms with Crippen molar-refractivity contribution in [1.29, 1.82) is 0 Å². The van der Waals surface area contributed by atoms with Gasteiger partial charge in [0, 0.05) is 0 Å². The van der Waals surface area contributed by atoms with Crippen LogP contribution in [0.15, 0.2) is 42.5 Å². The molecule has 0 amide bonds. The van der Waals surface area contributed by atoms with Gasteiger partial charge in [-0.05, 0) is 0 Å². The van der Waals surface area contributed by atoms with Crippen molar-refractivity contribution in [3.63, 3.8) is 0 Å². The molecular weight excluding hydrogens is 498 g/mol. The van der Waals surface area contributed by atoms with Gasteiger partial charge in [-0.3, -0.25) is 0 Å². The first-order chi connectivity index (χ1) is 16.5. The van der Waals surface area contributed by atoms with Crippen LogP contribution in [0.4, 0.5) is 5.69 Å². The summed E-state index contributed by atoms with van der Waals surface area (Å²) in [6.07, 6.45) is 3.47. The minimum absolute atomic E-state index is 0.0353. The molecule has 0 unspecified atom stereocenters. The Morgan fingerprint density at radius 1 is 0.857 bits per heavy atom. The van der Waals surface area contributed by atoms with Gasteiger partial charge in [-0.15, -0.1) is 0 Å². The number of piperidine rings is 1. The summed E-state index contributed by atoms with van der Waals surface area (Å²) in [7, 11) is 1.52. The Labute approximate surface area is 218 Å². The van der Waals surface area contributed by atoms with E-state index in [9.17, 15) is 0 Å². The predicted octanol–water partition coefficient (Wildman–Crippen LogP) is 6.87. The predicted molar refractivity (Wildman–Crippen MR) is 147 cm³/mol. The summed E-state index contributed by atoms with van der Waals surface area (Å²) in [6, 6.07) is 14.8. The topological polar surface area (TPSA) is 34.2 Å². The van der Waals surface area contributed by atoms with E-state index in [1.807, 2.05) is 31.4 Å². The summed E-state index contributed by atoms with van der Waals surface area (Å²) in [5.74, 6) is 2.37. The van der Waals surface area contributed by atoms with Crippen LogP contribution in [-0.2, 0) is 4.65 Å². The van der Waals surface area contributed by atoms with E-state index >= 15 is 0 Å². The molecule has 2 aromatic rings. The summed E-state index contributed by atoms with van der Waals surface area (Å²) in [5, 5.41) is 0. The van der Waals surface area contributed by atoms with E-state index in [1.165, 1.54) is 23.2 Å². The first-order valence-electron chi connectivity index (χ1n) is 13.0. The van der Waals surface area contributed by atoms with Crippen LogP contribution >= 0.6 is 0 Å². The molecule has 35 heavy (non-hydrogen) atoms. The standard InChI is InChI=1S/C28H42AsBN2O3/c1-20(2)22-14-12-15-23(21(3)4)26(22)31(29-34-24-16-10-11-17-25(24)35-29)30(33-9)32-27(5,6)18-13-19-28(32,7)8/h10-12,14-17,20-21H,13,18-19H2,1-9H3. The van der Waals surface area contributed by atoms with Crippen molar-refractivity contribution in [3.05, 3.63) is 53.6 Å². The van der Waals surface area contributed by atoms with Crippen molar-refractivity contribution < 1.29 is 12.1 Å². The van der Waals surface area contributed by atoms with Crippen molar-refractivity contribution in [2.75, 3.05) is 10.8 Å². The molecule has 0 aromatic heterocycles. The first kappa shape index (κ1) is 26.4. The van der Waals surface area contributed by atoms with Crippen LogP contribution in [0, 0.1) is 0 Å². The number of benzene rings is 2. The summed E-state index contributed by atoms with van der Waals surface area (Å²) >= 11 is -2.53. The second kappa shape index (κ2) is 10.0. The summed E-state index contributed by atoms with van der Waals surface area (Å²) in [4.78, 5) is 2.58. The molecule has 0 radical (unpaired) electrons. The Balaban J connectivity index is 1.93. The van der Waals surface area contributed by atoms with Gasteiger partial charge in [0.1, 0.15) is 0 Å². The number of para-hydroxylation sites is 3. The van der Waals surface area contributed by atoms with Gasteiger partial charge in [0.05, 0.1) is 0 Å². The van der Waals surface area contributed by atoms with Crippen molar-refractivity contribution in [1.82, 2.24) is 4.81 Å². The Morgan fingerprint density at radius 3 is 1.77 bits per heavy atom. The molecule has 1 fully saturated rings.